The zero-order valence-corrected chi connectivity index (χ0v) is 13.2. The Bertz CT molecular complexity index is 616. The Kier molecular flexibility index (Phi) is 4.98. The molecule has 1 aliphatic heterocycles. The molecule has 1 aliphatic rings. The molecule has 1 amide bonds. The Hall–Kier alpha value is -2.27. The van der Waals surface area contributed by atoms with Gasteiger partial charge in [-0.1, -0.05) is 6.42 Å². The highest BCUT2D eigenvalue weighted by Crippen LogP contribution is 2.24. The van der Waals surface area contributed by atoms with Crippen LogP contribution in [0.1, 0.15) is 41.4 Å². The number of nitrogens with zero attached hydrogens (tertiary/aromatic N) is 1. The minimum atomic E-state index is -0.0847. The standard InChI is InChI=1S/C18H23N3O2/c19-15-8-6-14(7-9-15)18(22)20-13-16(17-5-4-12-23-17)21-10-2-1-3-11-21/h4-9,12,16H,1-3,10-11,13,19H2,(H,20,22)/t16-/m1/s1. The van der Waals surface area contributed by atoms with Crippen LogP contribution in [0.3, 0.4) is 0 Å². The van der Waals surface area contributed by atoms with Crippen LogP contribution >= 0.6 is 0 Å². The molecule has 0 bridgehead atoms. The van der Waals surface area contributed by atoms with Crippen LogP contribution in [0.25, 0.3) is 0 Å². The molecule has 1 fully saturated rings. The molecule has 5 nitrogen and oxygen atoms in total. The van der Waals surface area contributed by atoms with Crippen LogP contribution in [0.4, 0.5) is 5.69 Å². The predicted octanol–water partition coefficient (Wildman–Crippen LogP) is 2.82. The largest absolute Gasteiger partial charge is 0.468 e. The van der Waals surface area contributed by atoms with Gasteiger partial charge in [0.1, 0.15) is 5.76 Å². The molecule has 0 spiro atoms. The number of nitrogens with one attached hydrogen (secondary N) is 1. The van der Waals surface area contributed by atoms with Crippen molar-refractivity contribution in [2.75, 3.05) is 25.4 Å². The van der Waals surface area contributed by atoms with Crippen LogP contribution in [0, 0.1) is 0 Å². The minimum absolute atomic E-state index is 0.0847. The van der Waals surface area contributed by atoms with Crippen LogP contribution in [-0.4, -0.2) is 30.4 Å². The SMILES string of the molecule is Nc1ccc(C(=O)NC[C@H](c2ccco2)N2CCCCC2)cc1. The second-order valence-corrected chi connectivity index (χ2v) is 5.96. The first-order chi connectivity index (χ1) is 11.2. The number of furan rings is 1. The number of benzene rings is 1. The van der Waals surface area contributed by atoms with E-state index in [-0.39, 0.29) is 11.9 Å². The van der Waals surface area contributed by atoms with E-state index in [0.29, 0.717) is 17.8 Å². The van der Waals surface area contributed by atoms with Crippen molar-refractivity contribution in [3.8, 4) is 0 Å². The fourth-order valence-corrected chi connectivity index (χ4v) is 3.05. The van der Waals surface area contributed by atoms with Gasteiger partial charge in [0.15, 0.2) is 0 Å². The van der Waals surface area contributed by atoms with Crippen molar-refractivity contribution in [3.05, 3.63) is 54.0 Å². The number of carbonyl (C=O) groups is 1. The normalized spacial score (nSPS) is 16.9. The first-order valence-corrected chi connectivity index (χ1v) is 8.15. The molecule has 5 heteroatoms. The Balaban J connectivity index is 1.66. The van der Waals surface area contributed by atoms with Crippen molar-refractivity contribution >= 4 is 11.6 Å². The molecule has 1 aromatic carbocycles. The third kappa shape index (κ3) is 3.93. The van der Waals surface area contributed by atoms with Gasteiger partial charge in [-0.25, -0.2) is 0 Å². The quantitative estimate of drug-likeness (QED) is 0.833. The van der Waals surface area contributed by atoms with Crippen molar-refractivity contribution in [1.29, 1.82) is 0 Å². The Morgan fingerprint density at radius 2 is 1.91 bits per heavy atom. The summed E-state index contributed by atoms with van der Waals surface area (Å²) in [6, 6.07) is 10.9. The smallest absolute Gasteiger partial charge is 0.251 e. The highest BCUT2D eigenvalue weighted by molar-refractivity contribution is 5.94. The highest BCUT2D eigenvalue weighted by Gasteiger charge is 2.25. The fraction of sp³-hybridized carbons (Fsp3) is 0.389. The van der Waals surface area contributed by atoms with Crippen LogP contribution in [0.15, 0.2) is 47.1 Å². The molecular formula is C18H23N3O2. The maximum absolute atomic E-state index is 12.3. The molecule has 1 aromatic heterocycles. The summed E-state index contributed by atoms with van der Waals surface area (Å²) in [4.78, 5) is 14.7. The summed E-state index contributed by atoms with van der Waals surface area (Å²) in [7, 11) is 0. The molecule has 3 N–H and O–H groups in total. The number of likely N-dealkylation sites (tertiary alicyclic amines) is 1. The number of carbonyl (C=O) groups excluding carboxylic acids is 1. The predicted molar refractivity (Wildman–Crippen MR) is 90.1 cm³/mol. The van der Waals surface area contributed by atoms with Gasteiger partial charge >= 0.3 is 0 Å². The number of hydrogen-bond acceptors (Lipinski definition) is 4. The number of hydrogen-bond donors (Lipinski definition) is 2. The van der Waals surface area contributed by atoms with Crippen LogP contribution in [-0.2, 0) is 0 Å². The molecule has 0 saturated carbocycles. The van der Waals surface area contributed by atoms with Crippen LogP contribution < -0.4 is 11.1 Å². The number of rotatable bonds is 5. The number of anilines is 1. The Labute approximate surface area is 136 Å². The second kappa shape index (κ2) is 7.33. The second-order valence-electron chi connectivity index (χ2n) is 5.96. The van der Waals surface area contributed by atoms with E-state index in [2.05, 4.69) is 10.2 Å². The summed E-state index contributed by atoms with van der Waals surface area (Å²) in [5, 5.41) is 3.02. The van der Waals surface area contributed by atoms with Gasteiger partial charge in [0.2, 0.25) is 0 Å². The maximum atomic E-state index is 12.3. The summed E-state index contributed by atoms with van der Waals surface area (Å²) in [5.41, 5.74) is 6.94. The first kappa shape index (κ1) is 15.6. The van der Waals surface area contributed by atoms with Crippen molar-refractivity contribution in [2.24, 2.45) is 0 Å². The average molecular weight is 313 g/mol. The minimum Gasteiger partial charge on any atom is -0.468 e. The van der Waals surface area contributed by atoms with Gasteiger partial charge in [-0.05, 0) is 62.3 Å². The van der Waals surface area contributed by atoms with E-state index in [1.807, 2.05) is 12.1 Å². The molecule has 0 radical (unpaired) electrons. The summed E-state index contributed by atoms with van der Waals surface area (Å²) < 4.78 is 5.59. The monoisotopic (exact) mass is 313 g/mol. The lowest BCUT2D eigenvalue weighted by atomic mass is 10.1. The lowest BCUT2D eigenvalue weighted by Crippen LogP contribution is -2.40. The van der Waals surface area contributed by atoms with E-state index in [1.165, 1.54) is 19.3 Å². The van der Waals surface area contributed by atoms with E-state index < -0.39 is 0 Å². The average Bonchev–Trinajstić information content (AvgIpc) is 3.11. The van der Waals surface area contributed by atoms with E-state index in [1.54, 1.807) is 30.5 Å². The van der Waals surface area contributed by atoms with Gasteiger partial charge in [-0.3, -0.25) is 9.69 Å². The van der Waals surface area contributed by atoms with Gasteiger partial charge in [-0.15, -0.1) is 0 Å². The van der Waals surface area contributed by atoms with Crippen LogP contribution in [0.2, 0.25) is 0 Å². The number of amides is 1. The number of piperidine rings is 1. The molecule has 122 valence electrons. The van der Waals surface area contributed by atoms with Crippen molar-refractivity contribution in [1.82, 2.24) is 10.2 Å². The van der Waals surface area contributed by atoms with Crippen molar-refractivity contribution < 1.29 is 9.21 Å². The lowest BCUT2D eigenvalue weighted by molar-refractivity contribution is 0.0914. The first-order valence-electron chi connectivity index (χ1n) is 8.15. The highest BCUT2D eigenvalue weighted by atomic mass is 16.3. The zero-order chi connectivity index (χ0) is 16.1. The van der Waals surface area contributed by atoms with E-state index in [9.17, 15) is 4.79 Å². The molecule has 2 heterocycles. The lowest BCUT2D eigenvalue weighted by Gasteiger charge is -2.33. The summed E-state index contributed by atoms with van der Waals surface area (Å²) in [6.07, 6.45) is 5.36. The number of nitrogen functional groups attached to an aromatic ring is 1. The summed E-state index contributed by atoms with van der Waals surface area (Å²) in [5.74, 6) is 0.822. The van der Waals surface area contributed by atoms with E-state index >= 15 is 0 Å². The molecule has 2 aromatic rings. The summed E-state index contributed by atoms with van der Waals surface area (Å²) in [6.45, 7) is 2.63. The Morgan fingerprint density at radius 3 is 2.57 bits per heavy atom. The third-order valence-corrected chi connectivity index (χ3v) is 4.33. The Morgan fingerprint density at radius 1 is 1.17 bits per heavy atom. The van der Waals surface area contributed by atoms with E-state index in [0.717, 1.165) is 18.8 Å². The molecule has 0 unspecified atom stereocenters. The van der Waals surface area contributed by atoms with Gasteiger partial charge in [0, 0.05) is 17.8 Å². The van der Waals surface area contributed by atoms with Crippen molar-refractivity contribution in [3.63, 3.8) is 0 Å². The molecule has 1 atom stereocenters. The van der Waals surface area contributed by atoms with Crippen LogP contribution in [0.5, 0.6) is 0 Å². The molecule has 3 rings (SSSR count). The zero-order valence-electron chi connectivity index (χ0n) is 13.2. The molecule has 23 heavy (non-hydrogen) atoms. The fourth-order valence-electron chi connectivity index (χ4n) is 3.05. The number of nitrogens with two attached hydrogens (primary N) is 1. The summed E-state index contributed by atoms with van der Waals surface area (Å²) >= 11 is 0. The van der Waals surface area contributed by atoms with E-state index in [4.69, 9.17) is 10.2 Å². The molecular weight excluding hydrogens is 290 g/mol. The van der Waals surface area contributed by atoms with Gasteiger partial charge in [0.25, 0.3) is 5.91 Å². The molecule has 1 saturated heterocycles. The molecule has 0 aliphatic carbocycles. The topological polar surface area (TPSA) is 71.5 Å². The van der Waals surface area contributed by atoms with Gasteiger partial charge in [-0.2, -0.15) is 0 Å². The maximum Gasteiger partial charge on any atom is 0.251 e. The van der Waals surface area contributed by atoms with Gasteiger partial charge < -0.3 is 15.5 Å². The third-order valence-electron chi connectivity index (χ3n) is 4.33. The van der Waals surface area contributed by atoms with Crippen molar-refractivity contribution in [2.45, 2.75) is 25.3 Å². The van der Waals surface area contributed by atoms with Gasteiger partial charge in [0.05, 0.1) is 12.3 Å².